The van der Waals surface area contributed by atoms with Gasteiger partial charge in [-0.25, -0.2) is 0 Å². The second kappa shape index (κ2) is 7.24. The Hall–Kier alpha value is -2.40. The number of hydrogen-bond acceptors (Lipinski definition) is 4. The highest BCUT2D eigenvalue weighted by atomic mass is 16.5. The number of nitrogens with zero attached hydrogens (tertiary/aromatic N) is 2. The minimum absolute atomic E-state index is 0.224. The lowest BCUT2D eigenvalue weighted by atomic mass is 10.1. The van der Waals surface area contributed by atoms with Crippen molar-refractivity contribution in [2.24, 2.45) is 5.92 Å². The Morgan fingerprint density at radius 1 is 1.17 bits per heavy atom. The largest absolute Gasteiger partial charge is 0.489 e. The van der Waals surface area contributed by atoms with Crippen molar-refractivity contribution in [2.45, 2.75) is 19.6 Å². The number of hydrogen-bond donors (Lipinski definition) is 1. The fourth-order valence-corrected chi connectivity index (χ4v) is 2.77. The molecule has 1 aliphatic rings. The van der Waals surface area contributed by atoms with Gasteiger partial charge in [-0.2, -0.15) is 0 Å². The summed E-state index contributed by atoms with van der Waals surface area (Å²) in [5.74, 6) is -0.0827. The maximum absolute atomic E-state index is 11.0. The molecule has 1 aromatic carbocycles. The molecule has 5 nitrogen and oxygen atoms in total. The zero-order valence-electron chi connectivity index (χ0n) is 12.9. The molecule has 1 fully saturated rings. The first-order valence-corrected chi connectivity index (χ1v) is 7.76. The molecule has 3 rings (SSSR count). The molecule has 0 bridgehead atoms. The van der Waals surface area contributed by atoms with Crippen LogP contribution in [0.4, 0.5) is 0 Å². The summed E-state index contributed by atoms with van der Waals surface area (Å²) in [6.07, 6.45) is 4.24. The molecule has 0 aliphatic carbocycles. The first-order chi connectivity index (χ1) is 11.2. The van der Waals surface area contributed by atoms with E-state index in [4.69, 9.17) is 9.84 Å². The Balaban J connectivity index is 1.50. The predicted octanol–water partition coefficient (Wildman–Crippen LogP) is 2.57. The van der Waals surface area contributed by atoms with Gasteiger partial charge in [0, 0.05) is 25.5 Å². The van der Waals surface area contributed by atoms with Crippen LogP contribution in [-0.2, 0) is 17.9 Å². The van der Waals surface area contributed by atoms with E-state index >= 15 is 0 Å². The van der Waals surface area contributed by atoms with Gasteiger partial charge in [0.05, 0.1) is 5.92 Å². The van der Waals surface area contributed by atoms with E-state index in [1.165, 1.54) is 5.56 Å². The SMILES string of the molecule is O=C(O)C1CCN(Cc2ccc(OCc3ccncc3)cc2)C1. The van der Waals surface area contributed by atoms with E-state index in [1.807, 2.05) is 36.4 Å². The number of carboxylic acid groups (broad SMARTS) is 1. The molecule has 0 saturated carbocycles. The van der Waals surface area contributed by atoms with Crippen LogP contribution in [0.15, 0.2) is 48.8 Å². The van der Waals surface area contributed by atoms with Crippen LogP contribution < -0.4 is 4.74 Å². The minimum atomic E-state index is -0.688. The Labute approximate surface area is 135 Å². The Bertz CT molecular complexity index is 643. The number of rotatable bonds is 6. The molecule has 23 heavy (non-hydrogen) atoms. The molecule has 2 aromatic rings. The van der Waals surface area contributed by atoms with E-state index in [9.17, 15) is 4.79 Å². The fourth-order valence-electron chi connectivity index (χ4n) is 2.77. The van der Waals surface area contributed by atoms with Crippen molar-refractivity contribution >= 4 is 5.97 Å². The van der Waals surface area contributed by atoms with Gasteiger partial charge in [-0.15, -0.1) is 0 Å². The number of carbonyl (C=O) groups is 1. The van der Waals surface area contributed by atoms with Crippen molar-refractivity contribution in [1.82, 2.24) is 9.88 Å². The zero-order chi connectivity index (χ0) is 16.1. The summed E-state index contributed by atoms with van der Waals surface area (Å²) in [6.45, 7) is 2.79. The van der Waals surface area contributed by atoms with Crippen LogP contribution in [0.5, 0.6) is 5.75 Å². The highest BCUT2D eigenvalue weighted by Gasteiger charge is 2.27. The molecule has 120 valence electrons. The Morgan fingerprint density at radius 3 is 2.57 bits per heavy atom. The second-order valence-electron chi connectivity index (χ2n) is 5.85. The van der Waals surface area contributed by atoms with E-state index < -0.39 is 5.97 Å². The summed E-state index contributed by atoms with van der Waals surface area (Å²) in [7, 11) is 0. The van der Waals surface area contributed by atoms with Gasteiger partial charge in [0.1, 0.15) is 12.4 Å². The molecular formula is C18H20N2O3. The maximum Gasteiger partial charge on any atom is 0.307 e. The third-order valence-corrected chi connectivity index (χ3v) is 4.11. The molecule has 1 aliphatic heterocycles. The molecule has 0 spiro atoms. The molecule has 1 atom stereocenters. The van der Waals surface area contributed by atoms with Crippen molar-refractivity contribution in [3.05, 3.63) is 59.9 Å². The van der Waals surface area contributed by atoms with E-state index in [0.29, 0.717) is 13.2 Å². The van der Waals surface area contributed by atoms with Crippen molar-refractivity contribution in [3.63, 3.8) is 0 Å². The summed E-state index contributed by atoms with van der Waals surface area (Å²) in [5, 5.41) is 9.04. The number of aromatic nitrogens is 1. The quantitative estimate of drug-likeness (QED) is 0.888. The van der Waals surface area contributed by atoms with Crippen molar-refractivity contribution < 1.29 is 14.6 Å². The monoisotopic (exact) mass is 312 g/mol. The second-order valence-corrected chi connectivity index (χ2v) is 5.85. The van der Waals surface area contributed by atoms with Crippen LogP contribution in [0.2, 0.25) is 0 Å². The first-order valence-electron chi connectivity index (χ1n) is 7.76. The molecule has 0 amide bonds. The topological polar surface area (TPSA) is 62.7 Å². The van der Waals surface area contributed by atoms with Gasteiger partial charge in [-0.3, -0.25) is 14.7 Å². The molecule has 5 heteroatoms. The number of pyridine rings is 1. The maximum atomic E-state index is 11.0. The number of carboxylic acids is 1. The summed E-state index contributed by atoms with van der Waals surface area (Å²) < 4.78 is 5.75. The average molecular weight is 312 g/mol. The third kappa shape index (κ3) is 4.29. The lowest BCUT2D eigenvalue weighted by molar-refractivity contribution is -0.141. The van der Waals surface area contributed by atoms with Crippen LogP contribution in [0.1, 0.15) is 17.5 Å². The van der Waals surface area contributed by atoms with Crippen LogP contribution in [0, 0.1) is 5.92 Å². The third-order valence-electron chi connectivity index (χ3n) is 4.11. The molecular weight excluding hydrogens is 292 g/mol. The number of aliphatic carboxylic acids is 1. The van der Waals surface area contributed by atoms with Gasteiger partial charge in [0.25, 0.3) is 0 Å². The van der Waals surface area contributed by atoms with Gasteiger partial charge < -0.3 is 9.84 Å². The zero-order valence-corrected chi connectivity index (χ0v) is 12.9. The van der Waals surface area contributed by atoms with Crippen LogP contribution in [0.3, 0.4) is 0 Å². The number of ether oxygens (including phenoxy) is 1. The molecule has 1 aromatic heterocycles. The van der Waals surface area contributed by atoms with E-state index in [0.717, 1.165) is 30.8 Å². The molecule has 1 saturated heterocycles. The van der Waals surface area contributed by atoms with Gasteiger partial charge in [-0.1, -0.05) is 12.1 Å². The smallest absolute Gasteiger partial charge is 0.307 e. The first kappa shape index (κ1) is 15.5. The Morgan fingerprint density at radius 2 is 1.91 bits per heavy atom. The van der Waals surface area contributed by atoms with Crippen LogP contribution in [-0.4, -0.2) is 34.0 Å². The van der Waals surface area contributed by atoms with Crippen molar-refractivity contribution in [2.75, 3.05) is 13.1 Å². The fraction of sp³-hybridized carbons (Fsp3) is 0.333. The standard InChI is InChI=1S/C18H20N2O3/c21-18(22)16-7-10-20(12-16)11-14-1-3-17(4-2-14)23-13-15-5-8-19-9-6-15/h1-6,8-9,16H,7,10-13H2,(H,21,22). The predicted molar refractivity (Wildman–Crippen MR) is 86.0 cm³/mol. The summed E-state index contributed by atoms with van der Waals surface area (Å²) in [4.78, 5) is 17.2. The number of benzene rings is 1. The summed E-state index contributed by atoms with van der Waals surface area (Å²) in [5.41, 5.74) is 2.26. The highest BCUT2D eigenvalue weighted by Crippen LogP contribution is 2.20. The van der Waals surface area contributed by atoms with Crippen LogP contribution >= 0.6 is 0 Å². The summed E-state index contributed by atoms with van der Waals surface area (Å²) >= 11 is 0. The summed E-state index contributed by atoms with van der Waals surface area (Å²) in [6, 6.07) is 11.9. The van der Waals surface area contributed by atoms with Gasteiger partial charge in [0.15, 0.2) is 0 Å². The van der Waals surface area contributed by atoms with Crippen molar-refractivity contribution in [1.29, 1.82) is 0 Å². The number of likely N-dealkylation sites (tertiary alicyclic amines) is 1. The lowest BCUT2D eigenvalue weighted by Gasteiger charge is -2.15. The lowest BCUT2D eigenvalue weighted by Crippen LogP contribution is -2.22. The highest BCUT2D eigenvalue weighted by molar-refractivity contribution is 5.70. The van der Waals surface area contributed by atoms with Gasteiger partial charge in [0.2, 0.25) is 0 Å². The normalized spacial score (nSPS) is 18.0. The van der Waals surface area contributed by atoms with Crippen molar-refractivity contribution in [3.8, 4) is 5.75 Å². The molecule has 1 N–H and O–H groups in total. The average Bonchev–Trinajstić information content (AvgIpc) is 3.04. The molecule has 2 heterocycles. The van der Waals surface area contributed by atoms with Crippen LogP contribution in [0.25, 0.3) is 0 Å². The molecule has 1 unspecified atom stereocenters. The molecule has 0 radical (unpaired) electrons. The van der Waals surface area contributed by atoms with E-state index in [1.54, 1.807) is 12.4 Å². The van der Waals surface area contributed by atoms with Gasteiger partial charge in [-0.05, 0) is 48.4 Å². The van der Waals surface area contributed by atoms with E-state index in [2.05, 4.69) is 9.88 Å². The van der Waals surface area contributed by atoms with E-state index in [-0.39, 0.29) is 5.92 Å². The van der Waals surface area contributed by atoms with Gasteiger partial charge >= 0.3 is 5.97 Å². The Kier molecular flexibility index (Phi) is 4.88. The minimum Gasteiger partial charge on any atom is -0.489 e.